The molecule has 0 unspecified atom stereocenters. The first kappa shape index (κ1) is 13.3. The Labute approximate surface area is 108 Å². The lowest BCUT2D eigenvalue weighted by Gasteiger charge is -2.18. The Morgan fingerprint density at radius 2 is 1.72 bits per heavy atom. The average Bonchev–Trinajstić information content (AvgIpc) is 2.31. The number of hydrogen-bond donors (Lipinski definition) is 0. The number of ketones is 1. The maximum Gasteiger partial charge on any atom is 0.166 e. The lowest BCUT2D eigenvalue weighted by molar-refractivity contribution is 0.0898. The molecule has 1 aromatic carbocycles. The fraction of sp³-hybridized carbons (Fsp3) is 0.562. The van der Waals surface area contributed by atoms with Crippen LogP contribution in [-0.4, -0.2) is 5.78 Å². The summed E-state index contributed by atoms with van der Waals surface area (Å²) in [4.78, 5) is 12.4. The summed E-state index contributed by atoms with van der Waals surface area (Å²) < 4.78 is 13.5. The molecule has 1 aliphatic rings. The molecule has 98 valence electrons. The summed E-state index contributed by atoms with van der Waals surface area (Å²) in [5.41, 5.74) is 1.15. The molecule has 0 spiro atoms. The van der Waals surface area contributed by atoms with Crippen LogP contribution in [-0.2, 0) is 0 Å². The highest BCUT2D eigenvalue weighted by Gasteiger charge is 2.21. The first-order chi connectivity index (χ1) is 8.68. The molecule has 0 aliphatic heterocycles. The van der Waals surface area contributed by atoms with Crippen LogP contribution in [0.1, 0.15) is 60.9 Å². The summed E-state index contributed by atoms with van der Waals surface area (Å²) >= 11 is 0. The molecule has 0 N–H and O–H groups in total. The minimum Gasteiger partial charge on any atom is -0.294 e. The minimum atomic E-state index is -0.272. The van der Waals surface area contributed by atoms with E-state index >= 15 is 0 Å². The van der Waals surface area contributed by atoms with E-state index in [-0.39, 0.29) is 17.5 Å². The van der Waals surface area contributed by atoms with Crippen molar-refractivity contribution in [2.45, 2.75) is 51.9 Å². The van der Waals surface area contributed by atoms with Gasteiger partial charge in [-0.2, -0.15) is 0 Å². The molecule has 18 heavy (non-hydrogen) atoms. The number of rotatable bonds is 2. The number of aryl methyl sites for hydroxylation is 1. The second-order valence-corrected chi connectivity index (χ2v) is 5.37. The summed E-state index contributed by atoms with van der Waals surface area (Å²) in [6, 6.07) is 4.86. The van der Waals surface area contributed by atoms with E-state index in [1.54, 1.807) is 19.1 Å². The monoisotopic (exact) mass is 248 g/mol. The number of Topliss-reactive ketones (excluding diaryl/α,β-unsaturated/α-hetero) is 1. The molecule has 1 aliphatic carbocycles. The molecule has 0 bridgehead atoms. The number of carbonyl (C=O) groups is 1. The SMILES string of the molecule is Cc1ccc(C(=O)C2CCCCCCC2)cc1F. The maximum atomic E-state index is 13.5. The van der Waals surface area contributed by atoms with Crippen LogP contribution in [0.15, 0.2) is 18.2 Å². The molecule has 0 aromatic heterocycles. The molecule has 0 atom stereocenters. The Kier molecular flexibility index (Phi) is 4.51. The Morgan fingerprint density at radius 3 is 2.33 bits per heavy atom. The number of benzene rings is 1. The molecule has 2 heteroatoms. The first-order valence-electron chi connectivity index (χ1n) is 6.99. The standard InChI is InChI=1S/C16H21FO/c1-12-9-10-14(11-15(12)17)16(18)13-7-5-3-2-4-6-8-13/h9-11,13H,2-8H2,1H3. The van der Waals surface area contributed by atoms with E-state index in [1.807, 2.05) is 0 Å². The third kappa shape index (κ3) is 3.18. The lowest BCUT2D eigenvalue weighted by atomic mass is 9.85. The molecular weight excluding hydrogens is 227 g/mol. The van der Waals surface area contributed by atoms with Crippen molar-refractivity contribution in [1.82, 2.24) is 0 Å². The van der Waals surface area contributed by atoms with Crippen LogP contribution in [0.5, 0.6) is 0 Å². The van der Waals surface area contributed by atoms with Gasteiger partial charge in [-0.05, 0) is 31.4 Å². The predicted octanol–water partition coefficient (Wildman–Crippen LogP) is 4.68. The van der Waals surface area contributed by atoms with Gasteiger partial charge in [-0.3, -0.25) is 4.79 Å². The quantitative estimate of drug-likeness (QED) is 0.695. The van der Waals surface area contributed by atoms with Gasteiger partial charge in [-0.25, -0.2) is 4.39 Å². The first-order valence-corrected chi connectivity index (χ1v) is 6.99. The third-order valence-electron chi connectivity index (χ3n) is 3.93. The molecule has 1 saturated carbocycles. The molecule has 1 aromatic rings. The van der Waals surface area contributed by atoms with Crippen LogP contribution in [0.25, 0.3) is 0 Å². The van der Waals surface area contributed by atoms with Gasteiger partial charge in [-0.1, -0.05) is 44.2 Å². The van der Waals surface area contributed by atoms with Gasteiger partial charge in [0.05, 0.1) is 0 Å². The van der Waals surface area contributed by atoms with Gasteiger partial charge in [0.1, 0.15) is 5.82 Å². The van der Waals surface area contributed by atoms with Crippen LogP contribution in [0.4, 0.5) is 4.39 Å². The van der Waals surface area contributed by atoms with Crippen molar-refractivity contribution in [2.24, 2.45) is 5.92 Å². The van der Waals surface area contributed by atoms with Crippen LogP contribution in [0.3, 0.4) is 0 Å². The Balaban J connectivity index is 2.10. The van der Waals surface area contributed by atoms with E-state index in [4.69, 9.17) is 0 Å². The summed E-state index contributed by atoms with van der Waals surface area (Å²) in [5.74, 6) is -0.0325. The molecule has 0 radical (unpaired) electrons. The largest absolute Gasteiger partial charge is 0.294 e. The van der Waals surface area contributed by atoms with Gasteiger partial charge in [0.25, 0.3) is 0 Å². The van der Waals surface area contributed by atoms with Gasteiger partial charge in [-0.15, -0.1) is 0 Å². The zero-order valence-corrected chi connectivity index (χ0v) is 11.0. The second-order valence-electron chi connectivity index (χ2n) is 5.37. The van der Waals surface area contributed by atoms with Gasteiger partial charge in [0, 0.05) is 11.5 Å². The predicted molar refractivity (Wildman–Crippen MR) is 71.3 cm³/mol. The van der Waals surface area contributed by atoms with Crippen LogP contribution >= 0.6 is 0 Å². The van der Waals surface area contributed by atoms with E-state index in [0.717, 1.165) is 25.7 Å². The highest BCUT2D eigenvalue weighted by molar-refractivity contribution is 5.97. The fourth-order valence-corrected chi connectivity index (χ4v) is 2.70. The molecule has 0 heterocycles. The summed E-state index contributed by atoms with van der Waals surface area (Å²) in [6.45, 7) is 1.72. The van der Waals surface area contributed by atoms with Crippen LogP contribution < -0.4 is 0 Å². The Hall–Kier alpha value is -1.18. The zero-order chi connectivity index (χ0) is 13.0. The molecule has 1 nitrogen and oxygen atoms in total. The number of hydrogen-bond acceptors (Lipinski definition) is 1. The topological polar surface area (TPSA) is 17.1 Å². The smallest absolute Gasteiger partial charge is 0.166 e. The highest BCUT2D eigenvalue weighted by atomic mass is 19.1. The summed E-state index contributed by atoms with van der Waals surface area (Å²) in [5, 5.41) is 0. The van der Waals surface area contributed by atoms with Gasteiger partial charge < -0.3 is 0 Å². The van der Waals surface area contributed by atoms with Crippen molar-refractivity contribution in [3.63, 3.8) is 0 Å². The van der Waals surface area contributed by atoms with E-state index in [0.29, 0.717) is 11.1 Å². The zero-order valence-electron chi connectivity index (χ0n) is 11.0. The van der Waals surface area contributed by atoms with E-state index < -0.39 is 0 Å². The van der Waals surface area contributed by atoms with Crippen molar-refractivity contribution < 1.29 is 9.18 Å². The van der Waals surface area contributed by atoms with E-state index in [1.165, 1.54) is 25.3 Å². The average molecular weight is 248 g/mol. The van der Waals surface area contributed by atoms with Gasteiger partial charge in [0.15, 0.2) is 5.78 Å². The Bertz CT molecular complexity index is 417. The van der Waals surface area contributed by atoms with Crippen molar-refractivity contribution >= 4 is 5.78 Å². The van der Waals surface area contributed by atoms with E-state index in [2.05, 4.69) is 0 Å². The van der Waals surface area contributed by atoms with Crippen molar-refractivity contribution in [3.8, 4) is 0 Å². The maximum absolute atomic E-state index is 13.5. The lowest BCUT2D eigenvalue weighted by Crippen LogP contribution is -2.16. The number of carbonyl (C=O) groups excluding carboxylic acids is 1. The third-order valence-corrected chi connectivity index (χ3v) is 3.93. The minimum absolute atomic E-state index is 0.104. The molecule has 0 amide bonds. The highest BCUT2D eigenvalue weighted by Crippen LogP contribution is 2.26. The molecule has 1 fully saturated rings. The summed E-state index contributed by atoms with van der Waals surface area (Å²) in [7, 11) is 0. The normalized spacial score (nSPS) is 18.1. The Morgan fingerprint density at radius 1 is 1.11 bits per heavy atom. The van der Waals surface area contributed by atoms with Crippen molar-refractivity contribution in [2.75, 3.05) is 0 Å². The molecule has 2 rings (SSSR count). The second kappa shape index (κ2) is 6.12. The fourth-order valence-electron chi connectivity index (χ4n) is 2.70. The van der Waals surface area contributed by atoms with Crippen LogP contribution in [0.2, 0.25) is 0 Å². The van der Waals surface area contributed by atoms with Crippen LogP contribution in [0, 0.1) is 18.7 Å². The van der Waals surface area contributed by atoms with E-state index in [9.17, 15) is 9.18 Å². The molecule has 0 saturated heterocycles. The van der Waals surface area contributed by atoms with Gasteiger partial charge >= 0.3 is 0 Å². The van der Waals surface area contributed by atoms with Gasteiger partial charge in [0.2, 0.25) is 0 Å². The number of halogens is 1. The summed E-state index contributed by atoms with van der Waals surface area (Å²) in [6.07, 6.45) is 7.94. The van der Waals surface area contributed by atoms with Crippen molar-refractivity contribution in [1.29, 1.82) is 0 Å². The van der Waals surface area contributed by atoms with Crippen molar-refractivity contribution in [3.05, 3.63) is 35.1 Å². The molecular formula is C16H21FO.